The molecule has 2 aromatic carbocycles. The monoisotopic (exact) mass is 477 g/mol. The van der Waals surface area contributed by atoms with E-state index in [1.165, 1.54) is 17.3 Å². The highest BCUT2D eigenvalue weighted by Gasteiger charge is 2.27. The Bertz CT molecular complexity index is 1150. The Morgan fingerprint density at radius 2 is 1.76 bits per heavy atom. The van der Waals surface area contributed by atoms with E-state index in [-0.39, 0.29) is 17.6 Å². The van der Waals surface area contributed by atoms with Gasteiger partial charge < -0.3 is 10.2 Å². The fourth-order valence-electron chi connectivity index (χ4n) is 4.63. The number of nitrogens with one attached hydrogen (secondary N) is 1. The van der Waals surface area contributed by atoms with E-state index < -0.39 is 0 Å². The highest BCUT2D eigenvalue weighted by atomic mass is 32.2. The molecule has 0 aliphatic carbocycles. The lowest BCUT2D eigenvalue weighted by atomic mass is 9.91. The number of amides is 2. The molecule has 0 radical (unpaired) electrons. The van der Waals surface area contributed by atoms with Crippen LogP contribution in [-0.4, -0.2) is 50.3 Å². The van der Waals surface area contributed by atoms with E-state index in [4.69, 9.17) is 0 Å². The van der Waals surface area contributed by atoms with Gasteiger partial charge in [0.2, 0.25) is 5.91 Å². The smallest absolute Gasteiger partial charge is 0.255 e. The summed E-state index contributed by atoms with van der Waals surface area (Å²) in [5, 5.41) is 11.8. The molecule has 2 unspecified atom stereocenters. The van der Waals surface area contributed by atoms with Crippen molar-refractivity contribution in [3.63, 3.8) is 0 Å². The summed E-state index contributed by atoms with van der Waals surface area (Å²) >= 11 is 1.32. The van der Waals surface area contributed by atoms with E-state index in [2.05, 4.69) is 42.4 Å². The number of piperidine rings is 1. The van der Waals surface area contributed by atoms with Gasteiger partial charge >= 0.3 is 0 Å². The summed E-state index contributed by atoms with van der Waals surface area (Å²) in [6.07, 6.45) is 3.69. The Morgan fingerprint density at radius 3 is 2.53 bits per heavy atom. The molecule has 178 valence electrons. The molecular formula is C26H31N5O2S. The minimum Gasteiger partial charge on any atom is -0.338 e. The van der Waals surface area contributed by atoms with Crippen LogP contribution in [0.15, 0.2) is 60.0 Å². The predicted molar refractivity (Wildman–Crippen MR) is 135 cm³/mol. The van der Waals surface area contributed by atoms with Crippen LogP contribution in [0.3, 0.4) is 0 Å². The number of hydrogen-bond acceptors (Lipinski definition) is 5. The molecule has 1 N–H and O–H groups in total. The van der Waals surface area contributed by atoms with E-state index in [1.54, 1.807) is 18.5 Å². The molecule has 1 aliphatic rings. The molecule has 2 atom stereocenters. The SMILES string of the molecule is CCc1ccccc1-n1cnnc1SCC(=O)Nc1ccccc1C(=O)N1CC(C)CC(C)C1. The summed E-state index contributed by atoms with van der Waals surface area (Å²) < 4.78 is 1.91. The number of para-hydroxylation sites is 2. The third kappa shape index (κ3) is 5.50. The van der Waals surface area contributed by atoms with Crippen LogP contribution in [0.1, 0.15) is 43.1 Å². The molecular weight excluding hydrogens is 446 g/mol. The van der Waals surface area contributed by atoms with Gasteiger partial charge in [-0.05, 0) is 48.4 Å². The zero-order valence-electron chi connectivity index (χ0n) is 19.9. The lowest BCUT2D eigenvalue weighted by Crippen LogP contribution is -2.42. The maximum Gasteiger partial charge on any atom is 0.255 e. The lowest BCUT2D eigenvalue weighted by Gasteiger charge is -2.35. The predicted octanol–water partition coefficient (Wildman–Crippen LogP) is 4.68. The lowest BCUT2D eigenvalue weighted by molar-refractivity contribution is -0.113. The molecule has 4 rings (SSSR count). The molecule has 34 heavy (non-hydrogen) atoms. The van der Waals surface area contributed by atoms with Crippen molar-refractivity contribution in [2.45, 2.75) is 38.8 Å². The normalized spacial score (nSPS) is 18.0. The molecule has 1 fully saturated rings. The van der Waals surface area contributed by atoms with Crippen LogP contribution < -0.4 is 5.32 Å². The van der Waals surface area contributed by atoms with E-state index >= 15 is 0 Å². The fraction of sp³-hybridized carbons (Fsp3) is 0.385. The Kier molecular flexibility index (Phi) is 7.67. The molecule has 1 saturated heterocycles. The second-order valence-corrected chi connectivity index (χ2v) is 9.95. The number of carbonyl (C=O) groups excluding carboxylic acids is 2. The van der Waals surface area contributed by atoms with Crippen LogP contribution in [0.2, 0.25) is 0 Å². The Labute approximate surface area is 205 Å². The molecule has 0 spiro atoms. The minimum absolute atomic E-state index is 0.0298. The van der Waals surface area contributed by atoms with Gasteiger partial charge in [-0.1, -0.05) is 62.9 Å². The Morgan fingerprint density at radius 1 is 1.06 bits per heavy atom. The molecule has 2 heterocycles. The first kappa shape index (κ1) is 24.0. The van der Waals surface area contributed by atoms with Crippen molar-refractivity contribution >= 4 is 29.3 Å². The van der Waals surface area contributed by atoms with E-state index in [0.717, 1.165) is 31.6 Å². The van der Waals surface area contributed by atoms with Gasteiger partial charge in [0.15, 0.2) is 5.16 Å². The number of carbonyl (C=O) groups is 2. The first-order chi connectivity index (χ1) is 16.5. The number of anilines is 1. The largest absolute Gasteiger partial charge is 0.338 e. The fourth-order valence-corrected chi connectivity index (χ4v) is 5.35. The van der Waals surface area contributed by atoms with Gasteiger partial charge in [-0.15, -0.1) is 10.2 Å². The second-order valence-electron chi connectivity index (χ2n) is 9.00. The molecule has 0 bridgehead atoms. The summed E-state index contributed by atoms with van der Waals surface area (Å²) in [5.74, 6) is 0.886. The highest BCUT2D eigenvalue weighted by molar-refractivity contribution is 7.99. The Balaban J connectivity index is 1.44. The van der Waals surface area contributed by atoms with E-state index in [9.17, 15) is 9.59 Å². The summed E-state index contributed by atoms with van der Waals surface area (Å²) in [4.78, 5) is 28.0. The molecule has 3 aromatic rings. The standard InChI is InChI=1S/C26H31N5O2S/c1-4-20-9-5-8-12-23(20)31-17-27-29-26(31)34-16-24(32)28-22-11-7-6-10-21(22)25(33)30-14-18(2)13-19(3)15-30/h5-12,17-19H,4,13-16H2,1-3H3,(H,28,32). The number of hydrogen-bond donors (Lipinski definition) is 1. The molecule has 2 amide bonds. The van der Waals surface area contributed by atoms with Crippen LogP contribution in [0.5, 0.6) is 0 Å². The number of thioether (sulfide) groups is 1. The number of likely N-dealkylation sites (tertiary alicyclic amines) is 1. The third-order valence-corrected chi connectivity index (χ3v) is 7.01. The minimum atomic E-state index is -0.191. The van der Waals surface area contributed by atoms with Crippen LogP contribution in [-0.2, 0) is 11.2 Å². The van der Waals surface area contributed by atoms with Crippen molar-refractivity contribution < 1.29 is 9.59 Å². The van der Waals surface area contributed by atoms with Crippen molar-refractivity contribution in [2.24, 2.45) is 11.8 Å². The molecule has 1 aliphatic heterocycles. The van der Waals surface area contributed by atoms with Crippen LogP contribution in [0.4, 0.5) is 5.69 Å². The highest BCUT2D eigenvalue weighted by Crippen LogP contribution is 2.26. The quantitative estimate of drug-likeness (QED) is 0.500. The number of benzene rings is 2. The van der Waals surface area contributed by atoms with E-state index in [0.29, 0.717) is 28.2 Å². The third-order valence-electron chi connectivity index (χ3n) is 6.07. The second kappa shape index (κ2) is 10.9. The summed E-state index contributed by atoms with van der Waals surface area (Å²) in [7, 11) is 0. The van der Waals surface area contributed by atoms with Gasteiger partial charge in [-0.25, -0.2) is 0 Å². The average Bonchev–Trinajstić information content (AvgIpc) is 3.30. The van der Waals surface area contributed by atoms with Gasteiger partial charge in [0.1, 0.15) is 6.33 Å². The van der Waals surface area contributed by atoms with Gasteiger partial charge in [0.25, 0.3) is 5.91 Å². The molecule has 1 aromatic heterocycles. The number of nitrogens with zero attached hydrogens (tertiary/aromatic N) is 4. The summed E-state index contributed by atoms with van der Waals surface area (Å²) in [6.45, 7) is 7.96. The van der Waals surface area contributed by atoms with Crippen molar-refractivity contribution in [3.8, 4) is 5.69 Å². The molecule has 0 saturated carbocycles. The van der Waals surface area contributed by atoms with Crippen LogP contribution in [0.25, 0.3) is 5.69 Å². The maximum atomic E-state index is 13.2. The topological polar surface area (TPSA) is 80.1 Å². The first-order valence-electron chi connectivity index (χ1n) is 11.8. The summed E-state index contributed by atoms with van der Waals surface area (Å²) in [5.41, 5.74) is 3.27. The number of rotatable bonds is 7. The van der Waals surface area contributed by atoms with Gasteiger partial charge in [0, 0.05) is 13.1 Å². The average molecular weight is 478 g/mol. The van der Waals surface area contributed by atoms with Gasteiger partial charge in [0.05, 0.1) is 22.7 Å². The van der Waals surface area contributed by atoms with Gasteiger partial charge in [-0.3, -0.25) is 14.2 Å². The maximum absolute atomic E-state index is 13.2. The van der Waals surface area contributed by atoms with Crippen molar-refractivity contribution in [1.82, 2.24) is 19.7 Å². The number of aromatic nitrogens is 3. The summed E-state index contributed by atoms with van der Waals surface area (Å²) in [6, 6.07) is 15.3. The molecule has 8 heteroatoms. The van der Waals surface area contributed by atoms with Gasteiger partial charge in [-0.2, -0.15) is 0 Å². The zero-order chi connectivity index (χ0) is 24.1. The zero-order valence-corrected chi connectivity index (χ0v) is 20.7. The van der Waals surface area contributed by atoms with Crippen molar-refractivity contribution in [1.29, 1.82) is 0 Å². The molecule has 7 nitrogen and oxygen atoms in total. The first-order valence-corrected chi connectivity index (χ1v) is 12.7. The van der Waals surface area contributed by atoms with Crippen molar-refractivity contribution in [3.05, 3.63) is 66.0 Å². The number of aryl methyl sites for hydroxylation is 1. The van der Waals surface area contributed by atoms with E-state index in [1.807, 2.05) is 39.8 Å². The van der Waals surface area contributed by atoms with Crippen molar-refractivity contribution in [2.75, 3.05) is 24.2 Å². The van der Waals surface area contributed by atoms with Crippen LogP contribution in [0, 0.1) is 11.8 Å². The van der Waals surface area contributed by atoms with Crippen LogP contribution >= 0.6 is 11.8 Å². The Hall–Kier alpha value is -3.13.